The van der Waals surface area contributed by atoms with E-state index in [1.54, 1.807) is 0 Å². The topological polar surface area (TPSA) is 76.5 Å². The molecule has 0 aliphatic carbocycles. The van der Waals surface area contributed by atoms with Crippen LogP contribution in [0.2, 0.25) is 0 Å². The van der Waals surface area contributed by atoms with Crippen molar-refractivity contribution in [3.63, 3.8) is 0 Å². The molecule has 0 saturated carbocycles. The zero-order valence-electron chi connectivity index (χ0n) is 12.8. The van der Waals surface area contributed by atoms with E-state index in [4.69, 9.17) is 4.84 Å². The number of amides is 1. The van der Waals surface area contributed by atoms with Crippen LogP contribution in [-0.2, 0) is 22.2 Å². The van der Waals surface area contributed by atoms with Crippen LogP contribution < -0.4 is 5.32 Å². The minimum Gasteiger partial charge on any atom is -0.382 e. The lowest BCUT2D eigenvalue weighted by molar-refractivity contribution is -0.141. The van der Waals surface area contributed by atoms with Gasteiger partial charge in [0.05, 0.1) is 5.71 Å². The summed E-state index contributed by atoms with van der Waals surface area (Å²) in [4.78, 5) is 24.3. The first-order chi connectivity index (χ1) is 10.8. The third-order valence-electron chi connectivity index (χ3n) is 3.27. The molecule has 0 aromatic carbocycles. The van der Waals surface area contributed by atoms with E-state index < -0.39 is 18.0 Å². The van der Waals surface area contributed by atoms with E-state index >= 15 is 0 Å². The number of alkyl halides is 3. The van der Waals surface area contributed by atoms with Gasteiger partial charge in [-0.1, -0.05) is 12.1 Å². The van der Waals surface area contributed by atoms with E-state index in [1.165, 1.54) is 6.92 Å². The summed E-state index contributed by atoms with van der Waals surface area (Å²) in [6.07, 6.45) is -3.95. The standard InChI is InChI=1S/C14H17F3N4O2/c1-3-9-7-10(23-21-9)13(22)18-5-4-12-19-8(2)6-11(20-12)14(15,16)17/h6,10H,3-5,7H2,1-2H3,(H,18,22)/t10-/m0/s1. The van der Waals surface area contributed by atoms with Gasteiger partial charge in [-0.15, -0.1) is 0 Å². The van der Waals surface area contributed by atoms with E-state index in [0.29, 0.717) is 12.8 Å². The molecular formula is C14H17F3N4O2. The van der Waals surface area contributed by atoms with Gasteiger partial charge in [-0.3, -0.25) is 4.79 Å². The summed E-state index contributed by atoms with van der Waals surface area (Å²) in [5.41, 5.74) is 0.0576. The third kappa shape index (κ3) is 4.64. The molecule has 0 radical (unpaired) electrons. The number of carbonyl (C=O) groups is 1. The second-order valence-corrected chi connectivity index (χ2v) is 5.16. The minimum absolute atomic E-state index is 0.0375. The maximum Gasteiger partial charge on any atom is 0.433 e. The molecule has 1 amide bonds. The van der Waals surface area contributed by atoms with Gasteiger partial charge in [-0.25, -0.2) is 9.97 Å². The number of halogens is 3. The predicted octanol–water partition coefficient (Wildman–Crippen LogP) is 2.02. The van der Waals surface area contributed by atoms with Gasteiger partial charge in [0, 0.05) is 25.1 Å². The molecule has 1 aliphatic heterocycles. The Morgan fingerprint density at radius 3 is 2.78 bits per heavy atom. The van der Waals surface area contributed by atoms with Crippen LogP contribution in [0.25, 0.3) is 0 Å². The van der Waals surface area contributed by atoms with E-state index in [-0.39, 0.29) is 30.4 Å². The van der Waals surface area contributed by atoms with Crippen molar-refractivity contribution in [3.8, 4) is 0 Å². The molecule has 6 nitrogen and oxygen atoms in total. The molecule has 1 aromatic heterocycles. The number of nitrogens with zero attached hydrogens (tertiary/aromatic N) is 3. The summed E-state index contributed by atoms with van der Waals surface area (Å²) in [7, 11) is 0. The lowest BCUT2D eigenvalue weighted by atomic mass is 10.1. The third-order valence-corrected chi connectivity index (χ3v) is 3.27. The Balaban J connectivity index is 1.87. The number of rotatable bonds is 5. The highest BCUT2D eigenvalue weighted by atomic mass is 19.4. The van der Waals surface area contributed by atoms with Crippen LogP contribution in [0.1, 0.15) is 37.0 Å². The van der Waals surface area contributed by atoms with Crippen molar-refractivity contribution in [1.29, 1.82) is 0 Å². The fraction of sp³-hybridized carbons (Fsp3) is 0.571. The van der Waals surface area contributed by atoms with Crippen molar-refractivity contribution < 1.29 is 22.8 Å². The van der Waals surface area contributed by atoms with Crippen LogP contribution >= 0.6 is 0 Å². The van der Waals surface area contributed by atoms with Crippen molar-refractivity contribution in [3.05, 3.63) is 23.3 Å². The lowest BCUT2D eigenvalue weighted by Gasteiger charge is -2.11. The second kappa shape index (κ2) is 6.93. The summed E-state index contributed by atoms with van der Waals surface area (Å²) in [5, 5.41) is 6.38. The van der Waals surface area contributed by atoms with Crippen LogP contribution in [0.15, 0.2) is 11.2 Å². The molecule has 1 aliphatic rings. The molecule has 1 N–H and O–H groups in total. The molecular weight excluding hydrogens is 313 g/mol. The van der Waals surface area contributed by atoms with Gasteiger partial charge in [0.15, 0.2) is 0 Å². The van der Waals surface area contributed by atoms with Crippen LogP contribution in [0.5, 0.6) is 0 Å². The number of hydrogen-bond acceptors (Lipinski definition) is 5. The van der Waals surface area contributed by atoms with Crippen LogP contribution in [0.3, 0.4) is 0 Å². The molecule has 23 heavy (non-hydrogen) atoms. The first kappa shape index (κ1) is 17.2. The largest absolute Gasteiger partial charge is 0.433 e. The Labute approximate surface area is 131 Å². The first-order valence-corrected chi connectivity index (χ1v) is 7.20. The molecule has 0 spiro atoms. The Morgan fingerprint density at radius 2 is 2.17 bits per heavy atom. The van der Waals surface area contributed by atoms with Gasteiger partial charge in [-0.2, -0.15) is 13.2 Å². The molecule has 9 heteroatoms. The van der Waals surface area contributed by atoms with Crippen molar-refractivity contribution in [1.82, 2.24) is 15.3 Å². The van der Waals surface area contributed by atoms with Crippen molar-refractivity contribution in [2.24, 2.45) is 5.16 Å². The second-order valence-electron chi connectivity index (χ2n) is 5.16. The molecule has 0 fully saturated rings. The Morgan fingerprint density at radius 1 is 1.43 bits per heavy atom. The number of carbonyl (C=O) groups excluding carboxylic acids is 1. The number of hydrogen-bond donors (Lipinski definition) is 1. The maximum atomic E-state index is 12.7. The zero-order chi connectivity index (χ0) is 17.0. The Kier molecular flexibility index (Phi) is 5.17. The lowest BCUT2D eigenvalue weighted by Crippen LogP contribution is -2.36. The summed E-state index contributed by atoms with van der Waals surface area (Å²) in [6, 6.07) is 0.887. The molecule has 0 unspecified atom stereocenters. The van der Waals surface area contributed by atoms with Gasteiger partial charge < -0.3 is 10.2 Å². The number of oxime groups is 1. The predicted molar refractivity (Wildman–Crippen MR) is 75.7 cm³/mol. The quantitative estimate of drug-likeness (QED) is 0.896. The van der Waals surface area contributed by atoms with Crippen LogP contribution in [-0.4, -0.2) is 34.2 Å². The Hall–Kier alpha value is -2.19. The highest BCUT2D eigenvalue weighted by Gasteiger charge is 2.33. The highest BCUT2D eigenvalue weighted by molar-refractivity contribution is 5.92. The van der Waals surface area contributed by atoms with Crippen LogP contribution in [0, 0.1) is 6.92 Å². The summed E-state index contributed by atoms with van der Waals surface area (Å²) >= 11 is 0. The fourth-order valence-electron chi connectivity index (χ4n) is 2.07. The molecule has 2 heterocycles. The number of nitrogens with one attached hydrogen (secondary N) is 1. The molecule has 1 atom stereocenters. The van der Waals surface area contributed by atoms with Crippen molar-refractivity contribution in [2.75, 3.05) is 6.54 Å². The SMILES string of the molecule is CCC1=NO[C@H](C(=O)NCCc2nc(C)cc(C(F)(F)F)n2)C1. The van der Waals surface area contributed by atoms with Gasteiger partial charge in [0.2, 0.25) is 6.10 Å². The number of aromatic nitrogens is 2. The zero-order valence-corrected chi connectivity index (χ0v) is 12.8. The normalized spacial score (nSPS) is 17.6. The number of aryl methyl sites for hydroxylation is 1. The molecule has 2 rings (SSSR count). The molecule has 0 bridgehead atoms. The minimum atomic E-state index is -4.52. The van der Waals surface area contributed by atoms with E-state index in [1.807, 2.05) is 6.92 Å². The smallest absolute Gasteiger partial charge is 0.382 e. The van der Waals surface area contributed by atoms with Gasteiger partial charge in [-0.05, 0) is 19.4 Å². The molecule has 0 saturated heterocycles. The maximum absolute atomic E-state index is 12.7. The average molecular weight is 330 g/mol. The summed E-state index contributed by atoms with van der Waals surface area (Å²) < 4.78 is 38.1. The van der Waals surface area contributed by atoms with E-state index in [9.17, 15) is 18.0 Å². The molecule has 126 valence electrons. The van der Waals surface area contributed by atoms with Gasteiger partial charge >= 0.3 is 6.18 Å². The van der Waals surface area contributed by atoms with Gasteiger partial charge in [0.25, 0.3) is 5.91 Å². The van der Waals surface area contributed by atoms with Gasteiger partial charge in [0.1, 0.15) is 11.5 Å². The Bertz CT molecular complexity index is 617. The monoisotopic (exact) mass is 330 g/mol. The van der Waals surface area contributed by atoms with Crippen molar-refractivity contribution in [2.45, 2.75) is 45.4 Å². The average Bonchev–Trinajstić information content (AvgIpc) is 2.94. The highest BCUT2D eigenvalue weighted by Crippen LogP contribution is 2.27. The fourth-order valence-corrected chi connectivity index (χ4v) is 2.07. The summed E-state index contributed by atoms with van der Waals surface area (Å²) in [5.74, 6) is -0.309. The molecule has 1 aromatic rings. The summed E-state index contributed by atoms with van der Waals surface area (Å²) in [6.45, 7) is 3.51. The van der Waals surface area contributed by atoms with Crippen LogP contribution in [0.4, 0.5) is 13.2 Å². The first-order valence-electron chi connectivity index (χ1n) is 7.20. The van der Waals surface area contributed by atoms with E-state index in [0.717, 1.165) is 11.8 Å². The van der Waals surface area contributed by atoms with Crippen molar-refractivity contribution >= 4 is 11.6 Å². The van der Waals surface area contributed by atoms with E-state index in [2.05, 4.69) is 20.4 Å².